The Kier molecular flexibility index (Phi) is 3.83. The second kappa shape index (κ2) is 5.63. The lowest BCUT2D eigenvalue weighted by atomic mass is 10.1. The van der Waals surface area contributed by atoms with E-state index in [1.54, 1.807) is 6.07 Å². The summed E-state index contributed by atoms with van der Waals surface area (Å²) >= 11 is 0. The van der Waals surface area contributed by atoms with Crippen molar-refractivity contribution in [1.82, 2.24) is 10.0 Å². The highest BCUT2D eigenvalue weighted by atomic mass is 32.2. The molecule has 1 saturated heterocycles. The van der Waals surface area contributed by atoms with Gasteiger partial charge in [-0.2, -0.15) is 0 Å². The number of hydrogen-bond donors (Lipinski definition) is 3. The number of carbonyl (C=O) groups is 1. The van der Waals surface area contributed by atoms with Gasteiger partial charge in [-0.3, -0.25) is 4.79 Å². The Morgan fingerprint density at radius 3 is 2.95 bits per heavy atom. The first-order chi connectivity index (χ1) is 10.0. The molecule has 3 N–H and O–H groups in total. The third-order valence-electron chi connectivity index (χ3n) is 3.51. The van der Waals surface area contributed by atoms with E-state index >= 15 is 0 Å². The molecule has 0 saturated carbocycles. The van der Waals surface area contributed by atoms with Crippen molar-refractivity contribution < 1.29 is 17.9 Å². The minimum Gasteiger partial charge on any atom is -0.482 e. The second-order valence-electron chi connectivity index (χ2n) is 5.16. The lowest BCUT2D eigenvalue weighted by Crippen LogP contribution is -2.45. The van der Waals surface area contributed by atoms with Crippen molar-refractivity contribution in [2.45, 2.75) is 23.8 Å². The lowest BCUT2D eigenvalue weighted by Gasteiger charge is -2.24. The maximum Gasteiger partial charge on any atom is 0.262 e. The van der Waals surface area contributed by atoms with E-state index in [9.17, 15) is 13.2 Å². The summed E-state index contributed by atoms with van der Waals surface area (Å²) in [5.74, 6) is 0.189. The Labute approximate surface area is 123 Å². The van der Waals surface area contributed by atoms with Crippen molar-refractivity contribution in [3.05, 3.63) is 18.2 Å². The molecule has 0 aliphatic carbocycles. The standard InChI is InChI=1S/C13H17N3O4S/c17-13-8-20-12-4-3-10(6-11(12)15-13)21(18,19)16-9-2-1-5-14-7-9/h3-4,6,9,14,16H,1-2,5,7-8H2,(H,15,17)/t9-/m1/s1. The number of piperidine rings is 1. The fourth-order valence-corrected chi connectivity index (χ4v) is 3.77. The van der Waals surface area contributed by atoms with E-state index in [1.807, 2.05) is 0 Å². The van der Waals surface area contributed by atoms with E-state index in [-0.39, 0.29) is 23.5 Å². The molecule has 7 nitrogen and oxygen atoms in total. The minimum atomic E-state index is -3.61. The highest BCUT2D eigenvalue weighted by Gasteiger charge is 2.24. The van der Waals surface area contributed by atoms with Gasteiger partial charge in [-0.05, 0) is 37.6 Å². The number of anilines is 1. The first-order valence-electron chi connectivity index (χ1n) is 6.84. The number of sulfonamides is 1. The molecule has 1 fully saturated rings. The van der Waals surface area contributed by atoms with Gasteiger partial charge in [0.2, 0.25) is 10.0 Å². The summed E-state index contributed by atoms with van der Waals surface area (Å²) in [6.45, 7) is 1.50. The van der Waals surface area contributed by atoms with Gasteiger partial charge >= 0.3 is 0 Å². The number of benzene rings is 1. The molecule has 3 rings (SSSR count). The summed E-state index contributed by atoms with van der Waals surface area (Å²) < 4.78 is 32.7. The molecule has 0 aromatic heterocycles. The van der Waals surface area contributed by atoms with Crippen molar-refractivity contribution in [2.24, 2.45) is 0 Å². The van der Waals surface area contributed by atoms with Crippen LogP contribution in [-0.4, -0.2) is 40.1 Å². The molecular formula is C13H17N3O4S. The van der Waals surface area contributed by atoms with Crippen LogP contribution < -0.4 is 20.1 Å². The van der Waals surface area contributed by atoms with Gasteiger partial charge in [-0.15, -0.1) is 0 Å². The zero-order valence-electron chi connectivity index (χ0n) is 11.4. The number of rotatable bonds is 3. The van der Waals surface area contributed by atoms with E-state index in [4.69, 9.17) is 4.74 Å². The average molecular weight is 311 g/mol. The molecule has 0 radical (unpaired) electrons. The maximum atomic E-state index is 12.4. The fraction of sp³-hybridized carbons (Fsp3) is 0.462. The van der Waals surface area contributed by atoms with Gasteiger partial charge in [0.05, 0.1) is 10.6 Å². The van der Waals surface area contributed by atoms with E-state index in [1.165, 1.54) is 12.1 Å². The van der Waals surface area contributed by atoms with Crippen molar-refractivity contribution >= 4 is 21.6 Å². The smallest absolute Gasteiger partial charge is 0.262 e. The van der Waals surface area contributed by atoms with Crippen LogP contribution in [0.3, 0.4) is 0 Å². The molecule has 0 spiro atoms. The first kappa shape index (κ1) is 14.3. The molecule has 1 aromatic carbocycles. The zero-order chi connectivity index (χ0) is 14.9. The summed E-state index contributed by atoms with van der Waals surface area (Å²) in [7, 11) is -3.61. The molecule has 2 aliphatic rings. The van der Waals surface area contributed by atoms with Crippen LogP contribution in [0.4, 0.5) is 5.69 Å². The highest BCUT2D eigenvalue weighted by Crippen LogP contribution is 2.30. The normalized spacial score (nSPS) is 22.1. The first-order valence-corrected chi connectivity index (χ1v) is 8.33. The molecule has 1 aromatic rings. The molecule has 0 unspecified atom stereocenters. The molecule has 8 heteroatoms. The molecule has 2 heterocycles. The lowest BCUT2D eigenvalue weighted by molar-refractivity contribution is -0.118. The molecule has 1 atom stereocenters. The Balaban J connectivity index is 1.81. The number of fused-ring (bicyclic) bond motifs is 1. The summed E-state index contributed by atoms with van der Waals surface area (Å²) in [6.07, 6.45) is 1.76. The number of carbonyl (C=O) groups excluding carboxylic acids is 1. The Morgan fingerprint density at radius 1 is 1.33 bits per heavy atom. The van der Waals surface area contributed by atoms with Crippen LogP contribution in [0, 0.1) is 0 Å². The summed E-state index contributed by atoms with van der Waals surface area (Å²) in [5, 5.41) is 5.77. The topological polar surface area (TPSA) is 96.5 Å². The van der Waals surface area contributed by atoms with Crippen LogP contribution in [0.25, 0.3) is 0 Å². The minimum absolute atomic E-state index is 0.0505. The Morgan fingerprint density at radius 2 is 2.19 bits per heavy atom. The van der Waals surface area contributed by atoms with Crippen molar-refractivity contribution in [1.29, 1.82) is 0 Å². The maximum absolute atomic E-state index is 12.4. The molecule has 1 amide bonds. The second-order valence-corrected chi connectivity index (χ2v) is 6.87. The zero-order valence-corrected chi connectivity index (χ0v) is 12.2. The molecular weight excluding hydrogens is 294 g/mol. The summed E-state index contributed by atoms with van der Waals surface area (Å²) in [6, 6.07) is 4.35. The van der Waals surface area contributed by atoms with Crippen molar-refractivity contribution in [3.8, 4) is 5.75 Å². The molecule has 21 heavy (non-hydrogen) atoms. The summed E-state index contributed by atoms with van der Waals surface area (Å²) in [5.41, 5.74) is 0.385. The Hall–Kier alpha value is -1.64. The van der Waals surface area contributed by atoms with Gasteiger partial charge in [0.1, 0.15) is 5.75 Å². The van der Waals surface area contributed by atoms with Crippen LogP contribution in [0.1, 0.15) is 12.8 Å². The average Bonchev–Trinajstić information content (AvgIpc) is 2.47. The third-order valence-corrected chi connectivity index (χ3v) is 5.03. The molecule has 0 bridgehead atoms. The molecule has 2 aliphatic heterocycles. The van der Waals surface area contributed by atoms with Crippen LogP contribution in [0.2, 0.25) is 0 Å². The van der Waals surface area contributed by atoms with E-state index in [0.717, 1.165) is 19.4 Å². The van der Waals surface area contributed by atoms with Gasteiger partial charge < -0.3 is 15.4 Å². The number of ether oxygens (including phenoxy) is 1. The number of hydrogen-bond acceptors (Lipinski definition) is 5. The monoisotopic (exact) mass is 311 g/mol. The van der Waals surface area contributed by atoms with Crippen molar-refractivity contribution in [3.63, 3.8) is 0 Å². The largest absolute Gasteiger partial charge is 0.482 e. The molecule has 114 valence electrons. The van der Waals surface area contributed by atoms with Gasteiger partial charge in [0.15, 0.2) is 6.61 Å². The van der Waals surface area contributed by atoms with Crippen LogP contribution in [0.5, 0.6) is 5.75 Å². The predicted molar refractivity (Wildman–Crippen MR) is 76.8 cm³/mol. The van der Waals surface area contributed by atoms with Crippen LogP contribution >= 0.6 is 0 Å². The quantitative estimate of drug-likeness (QED) is 0.733. The highest BCUT2D eigenvalue weighted by molar-refractivity contribution is 7.89. The van der Waals surface area contributed by atoms with E-state index in [0.29, 0.717) is 18.0 Å². The van der Waals surface area contributed by atoms with Crippen LogP contribution in [-0.2, 0) is 14.8 Å². The van der Waals surface area contributed by atoms with E-state index < -0.39 is 10.0 Å². The fourth-order valence-electron chi connectivity index (χ4n) is 2.47. The van der Waals surface area contributed by atoms with Crippen LogP contribution in [0.15, 0.2) is 23.1 Å². The third kappa shape index (κ3) is 3.17. The van der Waals surface area contributed by atoms with Gasteiger partial charge in [-0.25, -0.2) is 13.1 Å². The SMILES string of the molecule is O=C1COc2ccc(S(=O)(=O)N[C@@H]3CCCNC3)cc2N1. The van der Waals surface area contributed by atoms with E-state index in [2.05, 4.69) is 15.4 Å². The number of nitrogens with one attached hydrogen (secondary N) is 3. The van der Waals surface area contributed by atoms with Gasteiger partial charge in [0, 0.05) is 12.6 Å². The van der Waals surface area contributed by atoms with Gasteiger partial charge in [0.25, 0.3) is 5.91 Å². The van der Waals surface area contributed by atoms with Gasteiger partial charge in [-0.1, -0.05) is 0 Å². The van der Waals surface area contributed by atoms with Crippen molar-refractivity contribution in [2.75, 3.05) is 25.0 Å². The summed E-state index contributed by atoms with van der Waals surface area (Å²) in [4.78, 5) is 11.4. The Bertz CT molecular complexity index is 653. The predicted octanol–water partition coefficient (Wildman–Crippen LogP) is 0.0478. The number of amides is 1.